The average molecular weight is 497 g/mol. The van der Waals surface area contributed by atoms with Crippen LogP contribution in [0.5, 0.6) is 5.75 Å². The number of halogens is 3. The van der Waals surface area contributed by atoms with E-state index in [-0.39, 0.29) is 31.9 Å². The molecule has 2 unspecified atom stereocenters. The lowest BCUT2D eigenvalue weighted by molar-refractivity contribution is -0.120. The van der Waals surface area contributed by atoms with Gasteiger partial charge in [0, 0.05) is 45.0 Å². The van der Waals surface area contributed by atoms with Crippen molar-refractivity contribution in [1.29, 1.82) is 0 Å². The second kappa shape index (κ2) is 10.3. The van der Waals surface area contributed by atoms with Crippen LogP contribution in [0, 0.1) is 5.92 Å². The Labute approximate surface area is 207 Å². The Hall–Kier alpha value is -3.46. The first kappa shape index (κ1) is 24.2. The number of alkyl halides is 3. The summed E-state index contributed by atoms with van der Waals surface area (Å²) >= 11 is 0. The maximum Gasteiger partial charge on any atom is 0.255 e. The van der Waals surface area contributed by atoms with Gasteiger partial charge in [-0.25, -0.2) is 23.1 Å². The zero-order chi connectivity index (χ0) is 25.1. The first-order valence-corrected chi connectivity index (χ1v) is 11.9. The number of rotatable bonds is 9. The van der Waals surface area contributed by atoms with Crippen molar-refractivity contribution >= 4 is 5.91 Å². The van der Waals surface area contributed by atoms with E-state index in [1.807, 2.05) is 35.2 Å². The second-order valence-electron chi connectivity index (χ2n) is 9.49. The van der Waals surface area contributed by atoms with Crippen LogP contribution in [-0.2, 0) is 30.8 Å². The summed E-state index contributed by atoms with van der Waals surface area (Å²) in [6, 6.07) is 13.1. The minimum Gasteiger partial charge on any atom is -0.493 e. The Balaban J connectivity index is 1.11. The van der Waals surface area contributed by atoms with E-state index in [9.17, 15) is 18.0 Å². The van der Waals surface area contributed by atoms with Gasteiger partial charge in [-0.15, -0.1) is 0 Å². The lowest BCUT2D eigenvalue weighted by atomic mass is 9.97. The summed E-state index contributed by atoms with van der Waals surface area (Å²) in [7, 11) is 0. The van der Waals surface area contributed by atoms with Crippen molar-refractivity contribution in [3.63, 3.8) is 0 Å². The monoisotopic (exact) mass is 496 g/mol. The number of nitrogens with one attached hydrogen (secondary N) is 1. The number of hydrogen-bond donors (Lipinski definition) is 1. The SMILES string of the molecule is O=C(Cc1cncnc1)NCc1ccc(CN2Cc3ccc(OCC4CC4(F)F)cc3C(F)C2)cc1. The third-order valence-electron chi connectivity index (χ3n) is 6.57. The molecule has 0 spiro atoms. The number of nitrogens with zero attached hydrogens (tertiary/aromatic N) is 3. The molecule has 0 bridgehead atoms. The molecular formula is C27H27F3N4O2. The van der Waals surface area contributed by atoms with E-state index in [1.165, 1.54) is 6.33 Å². The van der Waals surface area contributed by atoms with Crippen LogP contribution in [-0.4, -0.2) is 39.8 Å². The van der Waals surface area contributed by atoms with Gasteiger partial charge in [0.25, 0.3) is 5.92 Å². The van der Waals surface area contributed by atoms with Crippen LogP contribution >= 0.6 is 0 Å². The fourth-order valence-corrected chi connectivity index (χ4v) is 4.39. The van der Waals surface area contributed by atoms with Crippen molar-refractivity contribution in [3.05, 3.63) is 89.0 Å². The van der Waals surface area contributed by atoms with Gasteiger partial charge < -0.3 is 10.1 Å². The molecule has 188 valence electrons. The fourth-order valence-electron chi connectivity index (χ4n) is 4.39. The molecule has 2 atom stereocenters. The summed E-state index contributed by atoms with van der Waals surface area (Å²) in [5.74, 6) is -3.03. The number of aromatic nitrogens is 2. The van der Waals surface area contributed by atoms with Crippen molar-refractivity contribution in [2.24, 2.45) is 5.92 Å². The lowest BCUT2D eigenvalue weighted by Crippen LogP contribution is -2.31. The molecule has 1 aliphatic heterocycles. The van der Waals surface area contributed by atoms with Crippen molar-refractivity contribution in [3.8, 4) is 5.75 Å². The molecule has 1 fully saturated rings. The fraction of sp³-hybridized carbons (Fsp3) is 0.370. The Morgan fingerprint density at radius 3 is 2.53 bits per heavy atom. The molecular weight excluding hydrogens is 469 g/mol. The number of ether oxygens (including phenoxy) is 1. The van der Waals surface area contributed by atoms with Gasteiger partial charge in [-0.1, -0.05) is 30.3 Å². The number of amides is 1. The van der Waals surface area contributed by atoms with Gasteiger partial charge in [0.15, 0.2) is 0 Å². The highest BCUT2D eigenvalue weighted by atomic mass is 19.3. The zero-order valence-corrected chi connectivity index (χ0v) is 19.7. The zero-order valence-electron chi connectivity index (χ0n) is 19.7. The van der Waals surface area contributed by atoms with E-state index in [2.05, 4.69) is 15.3 Å². The van der Waals surface area contributed by atoms with E-state index >= 15 is 0 Å². The highest BCUT2D eigenvalue weighted by Gasteiger charge is 2.57. The molecule has 1 saturated carbocycles. The molecule has 5 rings (SSSR count). The Kier molecular flexibility index (Phi) is 6.91. The predicted molar refractivity (Wildman–Crippen MR) is 127 cm³/mol. The molecule has 6 nitrogen and oxygen atoms in total. The van der Waals surface area contributed by atoms with Gasteiger partial charge in [-0.2, -0.15) is 0 Å². The Morgan fingerprint density at radius 2 is 1.81 bits per heavy atom. The predicted octanol–water partition coefficient (Wildman–Crippen LogP) is 4.40. The van der Waals surface area contributed by atoms with Gasteiger partial charge in [0.2, 0.25) is 5.91 Å². The molecule has 1 aliphatic carbocycles. The van der Waals surface area contributed by atoms with Gasteiger partial charge in [0.1, 0.15) is 18.2 Å². The molecule has 9 heteroatoms. The molecule has 1 amide bonds. The van der Waals surface area contributed by atoms with E-state index in [1.54, 1.807) is 24.5 Å². The largest absolute Gasteiger partial charge is 0.493 e. The first-order chi connectivity index (χ1) is 17.4. The van der Waals surface area contributed by atoms with E-state index in [0.717, 1.165) is 22.3 Å². The van der Waals surface area contributed by atoms with E-state index in [4.69, 9.17) is 4.74 Å². The summed E-state index contributed by atoms with van der Waals surface area (Å²) in [5, 5.41) is 2.89. The van der Waals surface area contributed by atoms with Crippen molar-refractivity contribution < 1.29 is 22.7 Å². The Bertz CT molecular complexity index is 1210. The molecule has 0 saturated heterocycles. The number of carbonyl (C=O) groups is 1. The normalized spacial score (nSPS) is 20.4. The van der Waals surface area contributed by atoms with Crippen molar-refractivity contribution in [2.75, 3.05) is 13.2 Å². The summed E-state index contributed by atoms with van der Waals surface area (Å²) in [5.41, 5.74) is 4.22. The van der Waals surface area contributed by atoms with Crippen LogP contribution in [0.4, 0.5) is 13.2 Å². The number of fused-ring (bicyclic) bond motifs is 1. The second-order valence-corrected chi connectivity index (χ2v) is 9.49. The van der Waals surface area contributed by atoms with Gasteiger partial charge in [-0.3, -0.25) is 9.69 Å². The average Bonchev–Trinajstić information content (AvgIpc) is 3.49. The minimum absolute atomic E-state index is 0.0451. The lowest BCUT2D eigenvalue weighted by Gasteiger charge is -2.31. The van der Waals surface area contributed by atoms with Gasteiger partial charge >= 0.3 is 0 Å². The molecule has 2 aromatic carbocycles. The summed E-state index contributed by atoms with van der Waals surface area (Å²) in [6.07, 6.45) is 3.57. The van der Waals surface area contributed by atoms with Crippen molar-refractivity contribution in [2.45, 2.75) is 44.6 Å². The molecule has 36 heavy (non-hydrogen) atoms. The number of hydrogen-bond acceptors (Lipinski definition) is 5. The first-order valence-electron chi connectivity index (χ1n) is 11.9. The quantitative estimate of drug-likeness (QED) is 0.476. The molecule has 2 heterocycles. The van der Waals surface area contributed by atoms with Crippen molar-refractivity contribution in [1.82, 2.24) is 20.2 Å². The van der Waals surface area contributed by atoms with Crippen LogP contribution < -0.4 is 10.1 Å². The third kappa shape index (κ3) is 6.02. The minimum atomic E-state index is -2.62. The topological polar surface area (TPSA) is 67.4 Å². The molecule has 2 aliphatic rings. The van der Waals surface area contributed by atoms with Crippen LogP contribution in [0.1, 0.15) is 40.4 Å². The molecule has 0 radical (unpaired) electrons. The summed E-state index contributed by atoms with van der Waals surface area (Å²) in [6.45, 7) is 1.81. The van der Waals surface area contributed by atoms with Gasteiger partial charge in [-0.05, 0) is 39.9 Å². The maximum atomic E-state index is 15.0. The maximum absolute atomic E-state index is 15.0. The molecule has 1 aromatic heterocycles. The van der Waals surface area contributed by atoms with Crippen LogP contribution in [0.15, 0.2) is 61.2 Å². The van der Waals surface area contributed by atoms with Crippen LogP contribution in [0.25, 0.3) is 0 Å². The summed E-state index contributed by atoms with van der Waals surface area (Å²) < 4.78 is 46.6. The summed E-state index contributed by atoms with van der Waals surface area (Å²) in [4.78, 5) is 22.0. The molecule has 1 N–H and O–H groups in total. The van der Waals surface area contributed by atoms with Crippen LogP contribution in [0.2, 0.25) is 0 Å². The Morgan fingerprint density at radius 1 is 1.08 bits per heavy atom. The van der Waals surface area contributed by atoms with Gasteiger partial charge in [0.05, 0.1) is 18.9 Å². The third-order valence-corrected chi connectivity index (χ3v) is 6.57. The highest BCUT2D eigenvalue weighted by molar-refractivity contribution is 5.78. The highest BCUT2D eigenvalue weighted by Crippen LogP contribution is 2.48. The number of benzene rings is 2. The van der Waals surface area contributed by atoms with Crippen LogP contribution in [0.3, 0.4) is 0 Å². The molecule has 3 aromatic rings. The number of carbonyl (C=O) groups excluding carboxylic acids is 1. The van der Waals surface area contributed by atoms with E-state index in [0.29, 0.717) is 30.9 Å². The standard InChI is InChI=1S/C27H27F3N4O2/c28-25-15-34(14-21-5-6-23(8-24(21)25)36-16-22-9-27(22,29)30)13-19-3-1-18(2-4-19)12-33-26(35)7-20-10-31-17-32-11-20/h1-6,8,10-11,17,22,25H,7,9,12-16H2,(H,33,35). The van der Waals surface area contributed by atoms with E-state index < -0.39 is 18.0 Å². The smallest absolute Gasteiger partial charge is 0.255 e.